The number of phenolic OH excluding ortho intramolecular Hbond substituents is 1. The fourth-order valence-corrected chi connectivity index (χ4v) is 3.42. The van der Waals surface area contributed by atoms with E-state index in [9.17, 15) is 19.5 Å². The molecule has 0 heterocycles. The number of aryl methyl sites for hydroxylation is 1. The van der Waals surface area contributed by atoms with Gasteiger partial charge in [0.25, 0.3) is 0 Å². The Hall–Kier alpha value is -2.75. The second-order valence-electron chi connectivity index (χ2n) is 6.52. The molecule has 0 aliphatic heterocycles. The van der Waals surface area contributed by atoms with Crippen LogP contribution in [0, 0.1) is 5.92 Å². The van der Waals surface area contributed by atoms with Gasteiger partial charge in [0, 0.05) is 19.3 Å². The van der Waals surface area contributed by atoms with Gasteiger partial charge < -0.3 is 5.11 Å². The van der Waals surface area contributed by atoms with Crippen molar-refractivity contribution in [2.24, 2.45) is 5.92 Å². The molecular formula is C21H20O4. The number of aromatic hydroxyl groups is 1. The molecule has 4 nitrogen and oxygen atoms in total. The van der Waals surface area contributed by atoms with Crippen LogP contribution in [-0.2, 0) is 20.8 Å². The Morgan fingerprint density at radius 1 is 0.960 bits per heavy atom. The zero-order valence-electron chi connectivity index (χ0n) is 13.9. The molecule has 4 heteroatoms. The lowest BCUT2D eigenvalue weighted by Crippen LogP contribution is -2.38. The highest BCUT2D eigenvalue weighted by molar-refractivity contribution is 6.21. The van der Waals surface area contributed by atoms with Crippen molar-refractivity contribution in [2.45, 2.75) is 31.6 Å². The summed E-state index contributed by atoms with van der Waals surface area (Å²) >= 11 is 0. The lowest BCUT2D eigenvalue weighted by molar-refractivity contribution is -0.142. The summed E-state index contributed by atoms with van der Waals surface area (Å²) in [6.45, 7) is 0. The molecule has 0 saturated heterocycles. The molecule has 0 atom stereocenters. The van der Waals surface area contributed by atoms with E-state index >= 15 is 0 Å². The van der Waals surface area contributed by atoms with Crippen LogP contribution in [0.2, 0.25) is 0 Å². The molecule has 1 aliphatic carbocycles. The van der Waals surface area contributed by atoms with Crippen LogP contribution in [0.1, 0.15) is 36.3 Å². The van der Waals surface area contributed by atoms with E-state index in [2.05, 4.69) is 0 Å². The molecular weight excluding hydrogens is 316 g/mol. The SMILES string of the molecule is O=C(CCc1cccc(O)c1)C1C(=O)CC(c2ccccc2)CC1=O. The number of carbonyl (C=O) groups is 3. The summed E-state index contributed by atoms with van der Waals surface area (Å²) < 4.78 is 0. The highest BCUT2D eigenvalue weighted by Crippen LogP contribution is 2.32. The Morgan fingerprint density at radius 3 is 2.28 bits per heavy atom. The molecule has 2 aromatic carbocycles. The second-order valence-corrected chi connectivity index (χ2v) is 6.52. The number of rotatable bonds is 5. The molecule has 128 valence electrons. The maximum absolute atomic E-state index is 12.4. The Kier molecular flexibility index (Phi) is 5.08. The monoisotopic (exact) mass is 336 g/mol. The van der Waals surface area contributed by atoms with E-state index in [1.54, 1.807) is 18.2 Å². The lowest BCUT2D eigenvalue weighted by atomic mass is 9.74. The molecule has 3 rings (SSSR count). The molecule has 25 heavy (non-hydrogen) atoms. The minimum atomic E-state index is -1.11. The van der Waals surface area contributed by atoms with Crippen LogP contribution < -0.4 is 0 Å². The van der Waals surface area contributed by atoms with Gasteiger partial charge in [-0.3, -0.25) is 14.4 Å². The van der Waals surface area contributed by atoms with Crippen molar-refractivity contribution in [1.29, 1.82) is 0 Å². The third-order valence-electron chi connectivity index (χ3n) is 4.70. The molecule has 0 amide bonds. The molecule has 1 saturated carbocycles. The summed E-state index contributed by atoms with van der Waals surface area (Å²) in [5.41, 5.74) is 1.78. The number of carbonyl (C=O) groups excluding carboxylic acids is 3. The number of Topliss-reactive ketones (excluding diaryl/α,β-unsaturated/α-hetero) is 3. The van der Waals surface area contributed by atoms with Crippen molar-refractivity contribution in [3.63, 3.8) is 0 Å². The van der Waals surface area contributed by atoms with E-state index in [1.807, 2.05) is 36.4 Å². The smallest absolute Gasteiger partial charge is 0.151 e. The standard InChI is InChI=1S/C21H20O4/c22-17-8-4-5-14(11-17)9-10-18(23)21-19(24)12-16(13-20(21)25)15-6-2-1-3-7-15/h1-8,11,16,21-22H,9-10,12-13H2. The molecule has 0 radical (unpaired) electrons. The highest BCUT2D eigenvalue weighted by Gasteiger charge is 2.39. The van der Waals surface area contributed by atoms with Crippen LogP contribution in [0.4, 0.5) is 0 Å². The Morgan fingerprint density at radius 2 is 1.64 bits per heavy atom. The summed E-state index contributed by atoms with van der Waals surface area (Å²) in [5.74, 6) is -1.96. The molecule has 2 aromatic rings. The van der Waals surface area contributed by atoms with E-state index in [-0.39, 0.29) is 48.3 Å². The first-order chi connectivity index (χ1) is 12.0. The van der Waals surface area contributed by atoms with Gasteiger partial charge in [-0.25, -0.2) is 0 Å². The normalized spacial score (nSPS) is 20.5. The highest BCUT2D eigenvalue weighted by atomic mass is 16.3. The predicted octanol–water partition coefficient (Wildman–Crippen LogP) is 3.23. The molecule has 1 N–H and O–H groups in total. The van der Waals surface area contributed by atoms with Crippen molar-refractivity contribution in [2.75, 3.05) is 0 Å². The van der Waals surface area contributed by atoms with Crippen molar-refractivity contribution >= 4 is 17.3 Å². The first-order valence-electron chi connectivity index (χ1n) is 8.45. The molecule has 0 unspecified atom stereocenters. The van der Waals surface area contributed by atoms with Crippen molar-refractivity contribution < 1.29 is 19.5 Å². The van der Waals surface area contributed by atoms with Gasteiger partial charge in [-0.2, -0.15) is 0 Å². The van der Waals surface area contributed by atoms with Crippen LogP contribution in [-0.4, -0.2) is 22.5 Å². The summed E-state index contributed by atoms with van der Waals surface area (Å²) in [4.78, 5) is 37.2. The summed E-state index contributed by atoms with van der Waals surface area (Å²) in [5, 5.41) is 9.46. The fourth-order valence-electron chi connectivity index (χ4n) is 3.42. The van der Waals surface area contributed by atoms with Gasteiger partial charge in [0.1, 0.15) is 11.7 Å². The second kappa shape index (κ2) is 7.43. The molecule has 1 aliphatic rings. The Labute approximate surface area is 146 Å². The van der Waals surface area contributed by atoms with Gasteiger partial charge in [0.05, 0.1) is 0 Å². The first-order valence-corrected chi connectivity index (χ1v) is 8.45. The largest absolute Gasteiger partial charge is 0.508 e. The van der Waals surface area contributed by atoms with Gasteiger partial charge in [-0.05, 0) is 35.6 Å². The number of benzene rings is 2. The van der Waals surface area contributed by atoms with Gasteiger partial charge in [-0.1, -0.05) is 42.5 Å². The third-order valence-corrected chi connectivity index (χ3v) is 4.70. The third kappa shape index (κ3) is 4.02. The fraction of sp³-hybridized carbons (Fsp3) is 0.286. The van der Waals surface area contributed by atoms with E-state index in [4.69, 9.17) is 0 Å². The first kappa shape index (κ1) is 17.1. The Balaban J connectivity index is 1.64. The van der Waals surface area contributed by atoms with Gasteiger partial charge in [0.15, 0.2) is 17.3 Å². The predicted molar refractivity (Wildman–Crippen MR) is 93.4 cm³/mol. The van der Waals surface area contributed by atoms with E-state index in [0.29, 0.717) is 6.42 Å². The zero-order valence-corrected chi connectivity index (χ0v) is 13.9. The minimum Gasteiger partial charge on any atom is -0.508 e. The van der Waals surface area contributed by atoms with E-state index in [0.717, 1.165) is 11.1 Å². The van der Waals surface area contributed by atoms with Crippen LogP contribution in [0.25, 0.3) is 0 Å². The van der Waals surface area contributed by atoms with Gasteiger partial charge >= 0.3 is 0 Å². The molecule has 0 bridgehead atoms. The van der Waals surface area contributed by atoms with Gasteiger partial charge in [-0.15, -0.1) is 0 Å². The summed E-state index contributed by atoms with van der Waals surface area (Å²) in [6.07, 6.45) is 1.00. The number of phenols is 1. The van der Waals surface area contributed by atoms with Crippen LogP contribution in [0.3, 0.4) is 0 Å². The summed E-state index contributed by atoms with van der Waals surface area (Å²) in [7, 11) is 0. The number of hydrogen-bond donors (Lipinski definition) is 1. The van der Waals surface area contributed by atoms with Gasteiger partial charge in [0.2, 0.25) is 0 Å². The van der Waals surface area contributed by atoms with Crippen molar-refractivity contribution in [1.82, 2.24) is 0 Å². The van der Waals surface area contributed by atoms with Crippen molar-refractivity contribution in [3.05, 3.63) is 65.7 Å². The molecule has 0 spiro atoms. The minimum absolute atomic E-state index is 0.127. The average Bonchev–Trinajstić information content (AvgIpc) is 2.60. The van der Waals surface area contributed by atoms with E-state index in [1.165, 1.54) is 0 Å². The average molecular weight is 336 g/mol. The topological polar surface area (TPSA) is 71.4 Å². The molecule has 0 aromatic heterocycles. The summed E-state index contributed by atoms with van der Waals surface area (Å²) in [6, 6.07) is 16.1. The maximum Gasteiger partial charge on any atom is 0.151 e. The lowest BCUT2D eigenvalue weighted by Gasteiger charge is -2.26. The van der Waals surface area contributed by atoms with Crippen LogP contribution in [0.15, 0.2) is 54.6 Å². The quantitative estimate of drug-likeness (QED) is 0.851. The number of hydrogen-bond acceptors (Lipinski definition) is 4. The maximum atomic E-state index is 12.4. The van der Waals surface area contributed by atoms with Crippen molar-refractivity contribution in [3.8, 4) is 5.75 Å². The number of ketones is 3. The van der Waals surface area contributed by atoms with E-state index < -0.39 is 5.92 Å². The Bertz CT molecular complexity index is 777. The zero-order chi connectivity index (χ0) is 17.8. The van der Waals surface area contributed by atoms with Crippen LogP contribution in [0.5, 0.6) is 5.75 Å². The molecule has 1 fully saturated rings. The van der Waals surface area contributed by atoms with Crippen LogP contribution >= 0.6 is 0 Å².